The third-order valence-electron chi connectivity index (χ3n) is 4.00. The lowest BCUT2D eigenvalue weighted by Crippen LogP contribution is -2.05. The minimum Gasteiger partial charge on any atom is -0.467 e. The molecular weight excluding hydrogens is 408 g/mol. The number of hydrogen-bond acceptors (Lipinski definition) is 5. The summed E-state index contributed by atoms with van der Waals surface area (Å²) in [4.78, 5) is 4.00. The van der Waals surface area contributed by atoms with Gasteiger partial charge in [0.1, 0.15) is 11.6 Å². The van der Waals surface area contributed by atoms with Gasteiger partial charge in [-0.3, -0.25) is 9.13 Å². The summed E-state index contributed by atoms with van der Waals surface area (Å²) < 4.78 is 34.2. The van der Waals surface area contributed by atoms with Gasteiger partial charge in [0.25, 0.3) is 0 Å². The van der Waals surface area contributed by atoms with E-state index in [-0.39, 0.29) is 11.6 Å². The van der Waals surface area contributed by atoms with Gasteiger partial charge >= 0.3 is 6.55 Å². The zero-order chi connectivity index (χ0) is 19.5. The zero-order valence-electron chi connectivity index (χ0n) is 14.4. The van der Waals surface area contributed by atoms with Gasteiger partial charge in [-0.05, 0) is 36.4 Å². The summed E-state index contributed by atoms with van der Waals surface area (Å²) in [5, 5.41) is 9.73. The fourth-order valence-corrected chi connectivity index (χ4v) is 3.68. The van der Waals surface area contributed by atoms with Gasteiger partial charge in [0, 0.05) is 23.0 Å². The molecule has 0 atom stereocenters. The molecule has 6 nitrogen and oxygen atoms in total. The maximum absolute atomic E-state index is 13.0. The molecule has 4 aromatic rings. The molecule has 0 aliphatic heterocycles. The summed E-state index contributed by atoms with van der Waals surface area (Å²) in [6, 6.07) is 10.9. The van der Waals surface area contributed by atoms with Crippen molar-refractivity contribution < 1.29 is 13.2 Å². The van der Waals surface area contributed by atoms with E-state index in [0.717, 1.165) is 15.9 Å². The lowest BCUT2D eigenvalue weighted by atomic mass is 10.2. The standard InChI is InChI=1S/C18H14ClF2N5OS/c19-13-5-3-12(4-6-13)16-23-24-18(26(16)10-14-2-1-9-27-14)28-11-15-22-7-8-25(15)17(20)21/h1-9,17H,10-11H2. The van der Waals surface area contributed by atoms with E-state index in [0.29, 0.717) is 22.5 Å². The van der Waals surface area contributed by atoms with E-state index in [1.165, 1.54) is 24.2 Å². The minimum atomic E-state index is -2.64. The molecule has 3 aromatic heterocycles. The van der Waals surface area contributed by atoms with Crippen LogP contribution in [-0.2, 0) is 12.3 Å². The zero-order valence-corrected chi connectivity index (χ0v) is 15.9. The third kappa shape index (κ3) is 3.95. The van der Waals surface area contributed by atoms with Crippen LogP contribution in [0.15, 0.2) is 64.6 Å². The van der Waals surface area contributed by atoms with Gasteiger partial charge in [0.05, 0.1) is 18.6 Å². The summed E-state index contributed by atoms with van der Waals surface area (Å²) >= 11 is 7.26. The van der Waals surface area contributed by atoms with Crippen molar-refractivity contribution in [3.63, 3.8) is 0 Å². The minimum absolute atomic E-state index is 0.230. The van der Waals surface area contributed by atoms with Gasteiger partial charge in [-0.2, -0.15) is 8.78 Å². The highest BCUT2D eigenvalue weighted by Gasteiger charge is 2.18. The van der Waals surface area contributed by atoms with Gasteiger partial charge in [-0.1, -0.05) is 23.4 Å². The number of imidazole rings is 1. The van der Waals surface area contributed by atoms with Crippen LogP contribution in [0.25, 0.3) is 11.4 Å². The van der Waals surface area contributed by atoms with Crippen molar-refractivity contribution in [1.29, 1.82) is 0 Å². The first-order valence-electron chi connectivity index (χ1n) is 8.26. The van der Waals surface area contributed by atoms with E-state index in [4.69, 9.17) is 16.0 Å². The largest absolute Gasteiger partial charge is 0.467 e. The number of rotatable bonds is 7. The van der Waals surface area contributed by atoms with E-state index in [1.54, 1.807) is 24.5 Å². The Morgan fingerprint density at radius 1 is 1.14 bits per heavy atom. The second-order valence-electron chi connectivity index (χ2n) is 5.80. The van der Waals surface area contributed by atoms with Gasteiger partial charge in [0.15, 0.2) is 11.0 Å². The molecule has 0 unspecified atom stereocenters. The maximum atomic E-state index is 13.0. The molecule has 0 spiro atoms. The normalized spacial score (nSPS) is 11.4. The van der Waals surface area contributed by atoms with Crippen LogP contribution in [0.1, 0.15) is 18.1 Å². The van der Waals surface area contributed by atoms with Crippen LogP contribution in [0.3, 0.4) is 0 Å². The van der Waals surface area contributed by atoms with Crippen LogP contribution < -0.4 is 0 Å². The number of alkyl halides is 2. The lowest BCUT2D eigenvalue weighted by molar-refractivity contribution is 0.0678. The molecular formula is C18H14ClF2N5OS. The van der Waals surface area contributed by atoms with Crippen molar-refractivity contribution >= 4 is 23.4 Å². The Morgan fingerprint density at radius 3 is 2.68 bits per heavy atom. The average molecular weight is 422 g/mol. The molecule has 0 aliphatic rings. The molecule has 0 saturated carbocycles. The Hall–Kier alpha value is -2.65. The van der Waals surface area contributed by atoms with Crippen molar-refractivity contribution in [3.05, 3.63) is 71.7 Å². The average Bonchev–Trinajstić information content (AvgIpc) is 3.42. The molecule has 28 heavy (non-hydrogen) atoms. The molecule has 0 saturated heterocycles. The van der Waals surface area contributed by atoms with E-state index in [1.807, 2.05) is 22.8 Å². The smallest absolute Gasteiger partial charge is 0.319 e. The first-order chi connectivity index (χ1) is 13.6. The molecule has 0 amide bonds. The van der Waals surface area contributed by atoms with Crippen molar-refractivity contribution in [2.24, 2.45) is 0 Å². The fraction of sp³-hybridized carbons (Fsp3) is 0.167. The Bertz CT molecular complexity index is 1050. The van der Waals surface area contributed by atoms with E-state index in [9.17, 15) is 8.78 Å². The van der Waals surface area contributed by atoms with Gasteiger partial charge in [-0.25, -0.2) is 4.98 Å². The molecule has 0 bridgehead atoms. The SMILES string of the molecule is FC(F)n1ccnc1CSc1nnc(-c2ccc(Cl)cc2)n1Cc1ccco1. The number of aromatic nitrogens is 5. The molecule has 1 aromatic carbocycles. The van der Waals surface area contributed by atoms with Crippen molar-refractivity contribution in [2.75, 3.05) is 0 Å². The number of furan rings is 1. The van der Waals surface area contributed by atoms with Crippen LogP contribution >= 0.6 is 23.4 Å². The number of nitrogens with zero attached hydrogens (tertiary/aromatic N) is 5. The molecule has 10 heteroatoms. The van der Waals surface area contributed by atoms with Crippen molar-refractivity contribution in [3.8, 4) is 11.4 Å². The Labute approximate surface area is 168 Å². The molecule has 0 N–H and O–H groups in total. The summed E-state index contributed by atoms with van der Waals surface area (Å²) in [7, 11) is 0. The summed E-state index contributed by atoms with van der Waals surface area (Å²) in [6.45, 7) is -2.23. The highest BCUT2D eigenvalue weighted by atomic mass is 35.5. The highest BCUT2D eigenvalue weighted by Crippen LogP contribution is 2.28. The molecule has 4 rings (SSSR count). The van der Waals surface area contributed by atoms with Gasteiger partial charge < -0.3 is 4.42 Å². The van der Waals surface area contributed by atoms with Crippen molar-refractivity contribution in [1.82, 2.24) is 24.3 Å². The van der Waals surface area contributed by atoms with Crippen LogP contribution in [0.5, 0.6) is 0 Å². The van der Waals surface area contributed by atoms with Crippen LogP contribution in [0, 0.1) is 0 Å². The highest BCUT2D eigenvalue weighted by molar-refractivity contribution is 7.98. The Morgan fingerprint density at radius 2 is 1.96 bits per heavy atom. The first-order valence-corrected chi connectivity index (χ1v) is 9.62. The van der Waals surface area contributed by atoms with E-state index >= 15 is 0 Å². The number of thioether (sulfide) groups is 1. The maximum Gasteiger partial charge on any atom is 0.319 e. The Balaban J connectivity index is 1.64. The second kappa shape index (κ2) is 8.15. The molecule has 3 heterocycles. The summed E-state index contributed by atoms with van der Waals surface area (Å²) in [6.07, 6.45) is 4.20. The van der Waals surface area contributed by atoms with Gasteiger partial charge in [-0.15, -0.1) is 10.2 Å². The number of benzene rings is 1. The topological polar surface area (TPSA) is 61.7 Å². The predicted octanol–water partition coefficient (Wildman–Crippen LogP) is 5.12. The lowest BCUT2D eigenvalue weighted by Gasteiger charge is -2.09. The molecule has 144 valence electrons. The number of halogens is 3. The fourth-order valence-electron chi connectivity index (χ4n) is 2.67. The first kappa shape index (κ1) is 18.7. The van der Waals surface area contributed by atoms with Crippen LogP contribution in [0.4, 0.5) is 8.78 Å². The van der Waals surface area contributed by atoms with Crippen molar-refractivity contribution in [2.45, 2.75) is 24.0 Å². The monoisotopic (exact) mass is 421 g/mol. The summed E-state index contributed by atoms with van der Waals surface area (Å²) in [5.74, 6) is 1.85. The number of hydrogen-bond donors (Lipinski definition) is 0. The summed E-state index contributed by atoms with van der Waals surface area (Å²) in [5.41, 5.74) is 0.837. The quantitative estimate of drug-likeness (QED) is 0.387. The molecule has 0 fully saturated rings. The Kier molecular flexibility index (Phi) is 5.45. The third-order valence-corrected chi connectivity index (χ3v) is 5.22. The second-order valence-corrected chi connectivity index (χ2v) is 7.17. The molecule has 0 radical (unpaired) electrons. The van der Waals surface area contributed by atoms with Gasteiger partial charge in [0.2, 0.25) is 0 Å². The van der Waals surface area contributed by atoms with Crippen LogP contribution in [0.2, 0.25) is 5.02 Å². The molecule has 0 aliphatic carbocycles. The van der Waals surface area contributed by atoms with E-state index < -0.39 is 6.55 Å². The van der Waals surface area contributed by atoms with E-state index in [2.05, 4.69) is 15.2 Å². The predicted molar refractivity (Wildman–Crippen MR) is 101 cm³/mol. The van der Waals surface area contributed by atoms with Crippen LogP contribution in [-0.4, -0.2) is 24.3 Å².